The largest absolute Gasteiger partial charge is 0.445 e. The van der Waals surface area contributed by atoms with Gasteiger partial charge in [-0.2, -0.15) is 5.10 Å². The third-order valence-corrected chi connectivity index (χ3v) is 4.94. The van der Waals surface area contributed by atoms with Crippen molar-refractivity contribution in [3.8, 4) is 11.1 Å². The van der Waals surface area contributed by atoms with Crippen molar-refractivity contribution in [3.05, 3.63) is 59.6 Å². The van der Waals surface area contributed by atoms with Crippen molar-refractivity contribution >= 4 is 5.91 Å². The SMILES string of the molecule is CC(C)CCc1nc2c(o1)CCN(C(=O)c1cccc(-c3cn[nH]c3)c1)C2. The molecule has 1 aromatic carbocycles. The Morgan fingerprint density at radius 1 is 1.33 bits per heavy atom. The van der Waals surface area contributed by atoms with E-state index >= 15 is 0 Å². The molecule has 0 unspecified atom stereocenters. The molecule has 0 saturated heterocycles. The van der Waals surface area contributed by atoms with E-state index in [1.807, 2.05) is 35.4 Å². The smallest absolute Gasteiger partial charge is 0.254 e. The second-order valence-electron chi connectivity index (χ2n) is 7.45. The fourth-order valence-corrected chi connectivity index (χ4v) is 3.37. The summed E-state index contributed by atoms with van der Waals surface area (Å²) in [7, 11) is 0. The van der Waals surface area contributed by atoms with Crippen molar-refractivity contribution in [2.75, 3.05) is 6.54 Å². The van der Waals surface area contributed by atoms with Gasteiger partial charge >= 0.3 is 0 Å². The van der Waals surface area contributed by atoms with Crippen molar-refractivity contribution in [3.63, 3.8) is 0 Å². The molecule has 0 aliphatic carbocycles. The van der Waals surface area contributed by atoms with E-state index in [-0.39, 0.29) is 5.91 Å². The Kier molecular flexibility index (Phi) is 4.79. The van der Waals surface area contributed by atoms with E-state index in [9.17, 15) is 4.79 Å². The zero-order valence-electron chi connectivity index (χ0n) is 15.7. The first-order chi connectivity index (χ1) is 13.1. The van der Waals surface area contributed by atoms with Gasteiger partial charge in [-0.15, -0.1) is 0 Å². The van der Waals surface area contributed by atoms with Gasteiger partial charge in [-0.25, -0.2) is 4.98 Å². The van der Waals surface area contributed by atoms with Gasteiger partial charge in [0.05, 0.1) is 12.7 Å². The van der Waals surface area contributed by atoms with Gasteiger partial charge in [0.2, 0.25) is 0 Å². The Labute approximate surface area is 158 Å². The van der Waals surface area contributed by atoms with Crippen LogP contribution < -0.4 is 0 Å². The summed E-state index contributed by atoms with van der Waals surface area (Å²) in [6.07, 6.45) is 6.21. The third-order valence-electron chi connectivity index (χ3n) is 4.94. The molecule has 0 atom stereocenters. The molecule has 3 aromatic rings. The van der Waals surface area contributed by atoms with Gasteiger partial charge < -0.3 is 9.32 Å². The number of hydrogen-bond donors (Lipinski definition) is 1. The maximum Gasteiger partial charge on any atom is 0.254 e. The lowest BCUT2D eigenvalue weighted by molar-refractivity contribution is 0.0728. The van der Waals surface area contributed by atoms with Gasteiger partial charge in [-0.1, -0.05) is 26.0 Å². The van der Waals surface area contributed by atoms with Crippen LogP contribution in [0.1, 0.15) is 48.0 Å². The summed E-state index contributed by atoms with van der Waals surface area (Å²) in [6.45, 7) is 5.55. The van der Waals surface area contributed by atoms with E-state index in [1.54, 1.807) is 6.20 Å². The Balaban J connectivity index is 1.49. The van der Waals surface area contributed by atoms with Crippen molar-refractivity contribution in [2.24, 2.45) is 5.92 Å². The summed E-state index contributed by atoms with van der Waals surface area (Å²) >= 11 is 0. The fourth-order valence-electron chi connectivity index (χ4n) is 3.37. The summed E-state index contributed by atoms with van der Waals surface area (Å²) in [4.78, 5) is 19.5. The van der Waals surface area contributed by atoms with E-state index in [0.717, 1.165) is 47.7 Å². The molecule has 1 aliphatic heterocycles. The molecule has 3 heterocycles. The van der Waals surface area contributed by atoms with E-state index in [4.69, 9.17) is 4.42 Å². The molecule has 6 heteroatoms. The average molecular weight is 364 g/mol. The molecule has 2 aromatic heterocycles. The first-order valence-electron chi connectivity index (χ1n) is 9.46. The van der Waals surface area contributed by atoms with E-state index in [1.165, 1.54) is 0 Å². The summed E-state index contributed by atoms with van der Waals surface area (Å²) in [6, 6.07) is 7.66. The van der Waals surface area contributed by atoms with Crippen LogP contribution in [0.25, 0.3) is 11.1 Å². The third kappa shape index (κ3) is 3.79. The van der Waals surface area contributed by atoms with Crippen LogP contribution in [0.4, 0.5) is 0 Å². The standard InChI is InChI=1S/C21H24N4O2/c1-14(2)6-7-20-24-18-13-25(9-8-19(18)27-20)21(26)16-5-3-4-15(10-16)17-11-22-23-12-17/h3-5,10-12,14H,6-9,13H2,1-2H3,(H,22,23). The highest BCUT2D eigenvalue weighted by Crippen LogP contribution is 2.24. The van der Waals surface area contributed by atoms with Crippen molar-refractivity contribution in [1.29, 1.82) is 0 Å². The topological polar surface area (TPSA) is 75.0 Å². The minimum atomic E-state index is 0.0257. The average Bonchev–Trinajstić information content (AvgIpc) is 3.34. The number of amides is 1. The number of H-pyrrole nitrogens is 1. The number of oxazole rings is 1. The first kappa shape index (κ1) is 17.5. The second-order valence-corrected chi connectivity index (χ2v) is 7.45. The Hall–Kier alpha value is -2.89. The Morgan fingerprint density at radius 2 is 2.22 bits per heavy atom. The molecular formula is C21H24N4O2. The molecular weight excluding hydrogens is 340 g/mol. The quantitative estimate of drug-likeness (QED) is 0.746. The number of carbonyl (C=O) groups excluding carboxylic acids is 1. The zero-order chi connectivity index (χ0) is 18.8. The number of fused-ring (bicyclic) bond motifs is 1. The lowest BCUT2D eigenvalue weighted by Gasteiger charge is -2.25. The van der Waals surface area contributed by atoms with E-state index in [2.05, 4.69) is 29.0 Å². The van der Waals surface area contributed by atoms with Crippen LogP contribution in [0.2, 0.25) is 0 Å². The van der Waals surface area contributed by atoms with Gasteiger partial charge in [0, 0.05) is 36.7 Å². The molecule has 27 heavy (non-hydrogen) atoms. The summed E-state index contributed by atoms with van der Waals surface area (Å²) < 4.78 is 5.90. The van der Waals surface area contributed by atoms with Crippen LogP contribution >= 0.6 is 0 Å². The summed E-state index contributed by atoms with van der Waals surface area (Å²) in [5.74, 6) is 2.38. The Morgan fingerprint density at radius 3 is 3.00 bits per heavy atom. The number of carbonyl (C=O) groups is 1. The summed E-state index contributed by atoms with van der Waals surface area (Å²) in [5.41, 5.74) is 3.53. The lowest BCUT2D eigenvalue weighted by atomic mass is 10.0. The van der Waals surface area contributed by atoms with Gasteiger partial charge in [0.25, 0.3) is 5.91 Å². The minimum Gasteiger partial charge on any atom is -0.445 e. The Bertz CT molecular complexity index is 928. The summed E-state index contributed by atoms with van der Waals surface area (Å²) in [5, 5.41) is 6.78. The van der Waals surface area contributed by atoms with Gasteiger partial charge in [-0.3, -0.25) is 9.89 Å². The van der Waals surface area contributed by atoms with Gasteiger partial charge in [-0.05, 0) is 30.0 Å². The second kappa shape index (κ2) is 7.39. The van der Waals surface area contributed by atoms with Gasteiger partial charge in [0.15, 0.2) is 5.89 Å². The number of nitrogens with zero attached hydrogens (tertiary/aromatic N) is 3. The van der Waals surface area contributed by atoms with Crippen LogP contribution in [0.3, 0.4) is 0 Å². The van der Waals surface area contributed by atoms with Crippen LogP contribution in [0.15, 0.2) is 41.1 Å². The molecule has 140 valence electrons. The maximum atomic E-state index is 13.0. The van der Waals surface area contributed by atoms with E-state index < -0.39 is 0 Å². The number of benzene rings is 1. The number of aryl methyl sites for hydroxylation is 1. The number of hydrogen-bond acceptors (Lipinski definition) is 4. The van der Waals surface area contributed by atoms with Gasteiger partial charge in [0.1, 0.15) is 11.5 Å². The lowest BCUT2D eigenvalue weighted by Crippen LogP contribution is -2.35. The minimum absolute atomic E-state index is 0.0257. The van der Waals surface area contributed by atoms with Crippen LogP contribution in [-0.2, 0) is 19.4 Å². The highest BCUT2D eigenvalue weighted by Gasteiger charge is 2.26. The van der Waals surface area contributed by atoms with Crippen molar-refractivity contribution in [2.45, 2.75) is 39.7 Å². The predicted octanol–water partition coefficient (Wildman–Crippen LogP) is 3.85. The predicted molar refractivity (Wildman–Crippen MR) is 102 cm³/mol. The highest BCUT2D eigenvalue weighted by molar-refractivity contribution is 5.95. The molecule has 4 rings (SSSR count). The molecule has 6 nitrogen and oxygen atoms in total. The van der Waals surface area contributed by atoms with Crippen LogP contribution in [0.5, 0.6) is 0 Å². The molecule has 0 fully saturated rings. The maximum absolute atomic E-state index is 13.0. The van der Waals surface area contributed by atoms with Crippen LogP contribution in [0, 0.1) is 5.92 Å². The van der Waals surface area contributed by atoms with E-state index in [0.29, 0.717) is 24.6 Å². The zero-order valence-corrected chi connectivity index (χ0v) is 15.7. The number of nitrogens with one attached hydrogen (secondary N) is 1. The molecule has 0 bridgehead atoms. The highest BCUT2D eigenvalue weighted by atomic mass is 16.4. The van der Waals surface area contributed by atoms with Crippen molar-refractivity contribution in [1.82, 2.24) is 20.1 Å². The molecule has 1 N–H and O–H groups in total. The molecule has 0 radical (unpaired) electrons. The monoisotopic (exact) mass is 364 g/mol. The first-order valence-corrected chi connectivity index (χ1v) is 9.46. The molecule has 0 spiro atoms. The van der Waals surface area contributed by atoms with Crippen LogP contribution in [-0.4, -0.2) is 32.5 Å². The number of aromatic amines is 1. The number of aromatic nitrogens is 3. The van der Waals surface area contributed by atoms with Crippen molar-refractivity contribution < 1.29 is 9.21 Å². The molecule has 1 amide bonds. The normalized spacial score (nSPS) is 13.8. The fraction of sp³-hybridized carbons (Fsp3) is 0.381. The number of rotatable bonds is 5. The molecule has 1 aliphatic rings. The molecule has 0 saturated carbocycles.